The Morgan fingerprint density at radius 3 is 2.62 bits per heavy atom. The number of carbonyl (C=O) groups is 1. The molecule has 136 valence electrons. The largest absolute Gasteiger partial charge is 0.395 e. The van der Waals surface area contributed by atoms with Gasteiger partial charge in [-0.2, -0.15) is 0 Å². The van der Waals surface area contributed by atoms with Crippen LogP contribution in [-0.4, -0.2) is 60.2 Å². The van der Waals surface area contributed by atoms with Gasteiger partial charge >= 0.3 is 0 Å². The van der Waals surface area contributed by atoms with E-state index in [1.54, 1.807) is 0 Å². The predicted octanol–water partition coefficient (Wildman–Crippen LogP) is 2.63. The first-order valence-electron chi connectivity index (χ1n) is 9.33. The van der Waals surface area contributed by atoms with Gasteiger partial charge in [-0.3, -0.25) is 9.69 Å². The van der Waals surface area contributed by atoms with Gasteiger partial charge in [-0.05, 0) is 12.5 Å². The summed E-state index contributed by atoms with van der Waals surface area (Å²) in [5.74, 6) is 1.04. The minimum atomic E-state index is 0.194. The molecule has 2 aliphatic rings. The van der Waals surface area contributed by atoms with Crippen molar-refractivity contribution >= 4 is 23.0 Å². The summed E-state index contributed by atoms with van der Waals surface area (Å²) in [7, 11) is 0. The molecular formula is C21H25N3O2. The molecule has 1 aliphatic carbocycles. The second-order valence-electron chi connectivity index (χ2n) is 6.91. The number of rotatable bonds is 5. The summed E-state index contributed by atoms with van der Waals surface area (Å²) in [6.45, 7) is 4.45. The lowest BCUT2D eigenvalue weighted by molar-refractivity contribution is 0.112. The Labute approximate surface area is 153 Å². The molecule has 1 aliphatic heterocycles. The molecule has 0 spiro atoms. The molecule has 1 N–H and O–H groups in total. The maximum absolute atomic E-state index is 12.0. The van der Waals surface area contributed by atoms with Crippen molar-refractivity contribution in [2.24, 2.45) is 0 Å². The van der Waals surface area contributed by atoms with Crippen LogP contribution < -0.4 is 4.90 Å². The first-order chi connectivity index (χ1) is 12.8. The van der Waals surface area contributed by atoms with Gasteiger partial charge in [0.05, 0.1) is 23.7 Å². The second-order valence-corrected chi connectivity index (χ2v) is 6.91. The fourth-order valence-electron chi connectivity index (χ4n) is 4.13. The van der Waals surface area contributed by atoms with Gasteiger partial charge in [0.25, 0.3) is 0 Å². The van der Waals surface area contributed by atoms with E-state index in [9.17, 15) is 9.90 Å². The summed E-state index contributed by atoms with van der Waals surface area (Å²) in [5.41, 5.74) is 1.91. The van der Waals surface area contributed by atoms with E-state index in [-0.39, 0.29) is 12.6 Å². The number of aldehydes is 1. The Morgan fingerprint density at radius 2 is 1.92 bits per heavy atom. The Kier molecular flexibility index (Phi) is 4.91. The molecule has 0 bridgehead atoms. The third kappa shape index (κ3) is 2.97. The van der Waals surface area contributed by atoms with Crippen LogP contribution in [-0.2, 0) is 0 Å². The summed E-state index contributed by atoms with van der Waals surface area (Å²) >= 11 is 0. The zero-order valence-corrected chi connectivity index (χ0v) is 14.9. The number of aliphatic hydroxyl groups is 1. The van der Waals surface area contributed by atoms with E-state index in [0.29, 0.717) is 6.54 Å². The van der Waals surface area contributed by atoms with Gasteiger partial charge in [0.2, 0.25) is 0 Å². The van der Waals surface area contributed by atoms with Crippen molar-refractivity contribution in [2.75, 3.05) is 44.2 Å². The summed E-state index contributed by atoms with van der Waals surface area (Å²) in [4.78, 5) is 16.6. The highest BCUT2D eigenvalue weighted by atomic mass is 16.3. The van der Waals surface area contributed by atoms with E-state index in [4.69, 9.17) is 0 Å². The predicted molar refractivity (Wildman–Crippen MR) is 105 cm³/mol. The van der Waals surface area contributed by atoms with Crippen LogP contribution in [0.3, 0.4) is 0 Å². The van der Waals surface area contributed by atoms with Crippen LogP contribution in [0.4, 0.5) is 5.82 Å². The number of anilines is 1. The summed E-state index contributed by atoms with van der Waals surface area (Å²) in [5, 5.41) is 10.2. The fraction of sp³-hybridized carbons (Fsp3) is 0.381. The van der Waals surface area contributed by atoms with Crippen LogP contribution in [0.25, 0.3) is 10.9 Å². The van der Waals surface area contributed by atoms with Gasteiger partial charge in [-0.25, -0.2) is 0 Å². The van der Waals surface area contributed by atoms with Crippen molar-refractivity contribution in [3.05, 3.63) is 54.1 Å². The zero-order chi connectivity index (χ0) is 17.9. The lowest BCUT2D eigenvalue weighted by atomic mass is 10.1. The molecule has 1 fully saturated rings. The first kappa shape index (κ1) is 17.1. The average molecular weight is 351 g/mol. The van der Waals surface area contributed by atoms with Crippen molar-refractivity contribution in [1.82, 2.24) is 9.47 Å². The minimum Gasteiger partial charge on any atom is -0.395 e. The van der Waals surface area contributed by atoms with Gasteiger partial charge in [-0.1, -0.05) is 42.5 Å². The normalized spacial score (nSPS) is 20.8. The second kappa shape index (κ2) is 7.48. The standard InChI is InChI=1S/C21H25N3O2/c25-15-14-22-10-12-23(13-11-22)21-19(16-26)18-8-4-5-9-20(18)24(21)17-6-2-1-3-7-17/h1-6,8-9,16-17,25H,7,10-15H2. The van der Waals surface area contributed by atoms with Crippen molar-refractivity contribution in [2.45, 2.75) is 12.5 Å². The van der Waals surface area contributed by atoms with Crippen molar-refractivity contribution in [1.29, 1.82) is 0 Å². The summed E-state index contributed by atoms with van der Waals surface area (Å²) in [6, 6.07) is 8.42. The highest BCUT2D eigenvalue weighted by Crippen LogP contribution is 2.37. The fourth-order valence-corrected chi connectivity index (χ4v) is 4.13. The van der Waals surface area contributed by atoms with Crippen LogP contribution >= 0.6 is 0 Å². The van der Waals surface area contributed by atoms with E-state index in [2.05, 4.69) is 44.7 Å². The third-order valence-electron chi connectivity index (χ3n) is 5.42. The van der Waals surface area contributed by atoms with Gasteiger partial charge in [0.15, 0.2) is 6.29 Å². The Morgan fingerprint density at radius 1 is 1.12 bits per heavy atom. The third-order valence-corrected chi connectivity index (χ3v) is 5.42. The maximum atomic E-state index is 12.0. The molecule has 1 aromatic carbocycles. The SMILES string of the molecule is O=Cc1c(N2CCN(CCO)CC2)n(C2C=CC=CC2)c2ccccc12. The van der Waals surface area contributed by atoms with Gasteiger partial charge in [0.1, 0.15) is 5.82 Å². The lowest BCUT2D eigenvalue weighted by Gasteiger charge is -2.37. The molecule has 5 nitrogen and oxygen atoms in total. The summed E-state index contributed by atoms with van der Waals surface area (Å²) < 4.78 is 2.33. The number of β-amino-alcohol motifs (C(OH)–C–C–N with tert-alkyl or cyclic N) is 1. The number of hydrogen-bond donors (Lipinski definition) is 1. The number of aliphatic hydroxyl groups excluding tert-OH is 1. The zero-order valence-electron chi connectivity index (χ0n) is 14.9. The highest BCUT2D eigenvalue weighted by molar-refractivity contribution is 6.04. The molecule has 5 heteroatoms. The quantitative estimate of drug-likeness (QED) is 0.842. The smallest absolute Gasteiger partial charge is 0.154 e. The van der Waals surface area contributed by atoms with E-state index in [1.807, 2.05) is 18.2 Å². The molecule has 26 heavy (non-hydrogen) atoms. The molecule has 1 unspecified atom stereocenters. The van der Waals surface area contributed by atoms with Crippen molar-refractivity contribution < 1.29 is 9.90 Å². The molecule has 0 radical (unpaired) electrons. The van der Waals surface area contributed by atoms with Crippen LogP contribution in [0.2, 0.25) is 0 Å². The van der Waals surface area contributed by atoms with Crippen LogP contribution in [0.1, 0.15) is 22.8 Å². The molecular weight excluding hydrogens is 326 g/mol. The van der Waals surface area contributed by atoms with Gasteiger partial charge in [-0.15, -0.1) is 0 Å². The highest BCUT2D eigenvalue weighted by Gasteiger charge is 2.27. The number of fused-ring (bicyclic) bond motifs is 1. The Balaban J connectivity index is 1.78. The summed E-state index contributed by atoms with van der Waals surface area (Å²) in [6.07, 6.45) is 10.5. The van der Waals surface area contributed by atoms with Crippen LogP contribution in [0.15, 0.2) is 48.6 Å². The molecule has 1 saturated heterocycles. The van der Waals surface area contributed by atoms with E-state index < -0.39 is 0 Å². The van der Waals surface area contributed by atoms with Crippen molar-refractivity contribution in [3.63, 3.8) is 0 Å². The number of hydrogen-bond acceptors (Lipinski definition) is 4. The minimum absolute atomic E-state index is 0.194. The number of nitrogens with zero attached hydrogens (tertiary/aromatic N) is 3. The molecule has 0 amide bonds. The molecule has 2 heterocycles. The lowest BCUT2D eigenvalue weighted by Crippen LogP contribution is -2.48. The Bertz CT molecular complexity index is 844. The van der Waals surface area contributed by atoms with E-state index >= 15 is 0 Å². The topological polar surface area (TPSA) is 48.7 Å². The first-order valence-corrected chi connectivity index (χ1v) is 9.33. The molecule has 1 aromatic heterocycles. The van der Waals surface area contributed by atoms with E-state index in [0.717, 1.165) is 61.2 Å². The van der Waals surface area contributed by atoms with Gasteiger partial charge < -0.3 is 14.6 Å². The Hall–Kier alpha value is -2.37. The van der Waals surface area contributed by atoms with Gasteiger partial charge in [0, 0.05) is 38.1 Å². The number of allylic oxidation sites excluding steroid dienone is 4. The van der Waals surface area contributed by atoms with E-state index in [1.165, 1.54) is 0 Å². The van der Waals surface area contributed by atoms with Crippen molar-refractivity contribution in [3.8, 4) is 0 Å². The maximum Gasteiger partial charge on any atom is 0.154 e. The molecule has 2 aromatic rings. The number of piperazine rings is 1. The van der Waals surface area contributed by atoms with Crippen LogP contribution in [0.5, 0.6) is 0 Å². The number of benzene rings is 1. The molecule has 0 saturated carbocycles. The molecule has 1 atom stereocenters. The molecule has 4 rings (SSSR count). The number of aromatic nitrogens is 1. The monoisotopic (exact) mass is 351 g/mol. The number of para-hydroxylation sites is 1. The number of carbonyl (C=O) groups excluding carboxylic acids is 1. The van der Waals surface area contributed by atoms with Crippen LogP contribution in [0, 0.1) is 0 Å². The average Bonchev–Trinajstić information content (AvgIpc) is 3.04.